The summed E-state index contributed by atoms with van der Waals surface area (Å²) in [6.07, 6.45) is 1.93. The van der Waals surface area contributed by atoms with Crippen molar-refractivity contribution in [1.82, 2.24) is 10.3 Å². The van der Waals surface area contributed by atoms with Crippen molar-refractivity contribution >= 4 is 16.8 Å². The number of rotatable bonds is 8. The van der Waals surface area contributed by atoms with Gasteiger partial charge in [-0.05, 0) is 49.1 Å². The minimum absolute atomic E-state index is 0.0577. The first-order valence-corrected chi connectivity index (χ1v) is 9.16. The van der Waals surface area contributed by atoms with Crippen molar-refractivity contribution < 1.29 is 14.3 Å². The Hall–Kier alpha value is -2.95. The summed E-state index contributed by atoms with van der Waals surface area (Å²) in [6.45, 7) is 2.71. The van der Waals surface area contributed by atoms with Crippen LogP contribution in [0, 0.1) is 6.92 Å². The molecule has 2 N–H and O–H groups in total. The molecule has 5 nitrogen and oxygen atoms in total. The Morgan fingerprint density at radius 2 is 1.81 bits per heavy atom. The molecular weight excluding hydrogens is 340 g/mol. The van der Waals surface area contributed by atoms with Gasteiger partial charge in [-0.1, -0.05) is 24.3 Å². The van der Waals surface area contributed by atoms with Gasteiger partial charge in [0.05, 0.1) is 14.2 Å². The fourth-order valence-electron chi connectivity index (χ4n) is 3.37. The number of para-hydroxylation sites is 1. The number of benzene rings is 2. The lowest BCUT2D eigenvalue weighted by molar-refractivity contribution is -0.121. The van der Waals surface area contributed by atoms with E-state index < -0.39 is 0 Å². The smallest absolute Gasteiger partial charge is 0.220 e. The number of nitrogens with one attached hydrogen (secondary N) is 2. The second kappa shape index (κ2) is 8.62. The summed E-state index contributed by atoms with van der Waals surface area (Å²) >= 11 is 0. The molecule has 0 bridgehead atoms. The Kier molecular flexibility index (Phi) is 6.01. The highest BCUT2D eigenvalue weighted by Gasteiger charge is 2.09. The zero-order valence-corrected chi connectivity index (χ0v) is 16.1. The highest BCUT2D eigenvalue weighted by atomic mass is 16.5. The average Bonchev–Trinajstić information content (AvgIpc) is 3.01. The Morgan fingerprint density at radius 3 is 2.59 bits per heavy atom. The Morgan fingerprint density at radius 1 is 1.04 bits per heavy atom. The molecule has 0 fully saturated rings. The molecule has 3 rings (SSSR count). The zero-order valence-electron chi connectivity index (χ0n) is 16.1. The van der Waals surface area contributed by atoms with Crippen LogP contribution < -0.4 is 14.8 Å². The van der Waals surface area contributed by atoms with Gasteiger partial charge < -0.3 is 19.8 Å². The molecule has 27 heavy (non-hydrogen) atoms. The van der Waals surface area contributed by atoms with E-state index in [4.69, 9.17) is 9.47 Å². The lowest BCUT2D eigenvalue weighted by Crippen LogP contribution is -2.26. The van der Waals surface area contributed by atoms with Gasteiger partial charge in [0.1, 0.15) is 0 Å². The molecule has 0 unspecified atom stereocenters. The lowest BCUT2D eigenvalue weighted by Gasteiger charge is -2.10. The van der Waals surface area contributed by atoms with Crippen LogP contribution in [0.15, 0.2) is 42.5 Å². The number of hydrogen-bond donors (Lipinski definition) is 2. The number of aromatic amines is 1. The Labute approximate surface area is 159 Å². The third-order valence-electron chi connectivity index (χ3n) is 4.81. The minimum Gasteiger partial charge on any atom is -0.493 e. The normalized spacial score (nSPS) is 10.8. The van der Waals surface area contributed by atoms with E-state index in [9.17, 15) is 4.79 Å². The number of ether oxygens (including phenoxy) is 2. The molecular formula is C22H26N2O3. The van der Waals surface area contributed by atoms with Gasteiger partial charge in [-0.15, -0.1) is 0 Å². The van der Waals surface area contributed by atoms with Crippen LogP contribution in [-0.2, 0) is 17.6 Å². The first-order valence-electron chi connectivity index (χ1n) is 9.16. The number of H-pyrrole nitrogens is 1. The molecule has 1 amide bonds. The summed E-state index contributed by atoms with van der Waals surface area (Å²) in [5.41, 5.74) is 4.63. The van der Waals surface area contributed by atoms with Gasteiger partial charge >= 0.3 is 0 Å². The summed E-state index contributed by atoms with van der Waals surface area (Å²) in [5, 5.41) is 4.26. The molecule has 0 spiro atoms. The lowest BCUT2D eigenvalue weighted by atomic mass is 10.1. The number of aryl methyl sites for hydroxylation is 2. The van der Waals surface area contributed by atoms with Gasteiger partial charge in [-0.2, -0.15) is 0 Å². The van der Waals surface area contributed by atoms with Crippen molar-refractivity contribution in [3.63, 3.8) is 0 Å². The molecule has 0 atom stereocenters. The highest BCUT2D eigenvalue weighted by molar-refractivity contribution is 5.84. The van der Waals surface area contributed by atoms with E-state index in [0.717, 1.165) is 23.2 Å². The molecule has 0 aliphatic carbocycles. The van der Waals surface area contributed by atoms with Crippen molar-refractivity contribution in [2.45, 2.75) is 26.2 Å². The summed E-state index contributed by atoms with van der Waals surface area (Å²) in [5.74, 6) is 1.44. The SMILES string of the molecule is COc1ccc(CCC(=O)NCCc2c(C)[nH]c3ccccc23)cc1OC. The van der Waals surface area contributed by atoms with E-state index in [0.29, 0.717) is 30.9 Å². The number of carbonyl (C=O) groups is 1. The maximum Gasteiger partial charge on any atom is 0.220 e. The first kappa shape index (κ1) is 18.8. The van der Waals surface area contributed by atoms with Crippen molar-refractivity contribution in [3.05, 3.63) is 59.3 Å². The van der Waals surface area contributed by atoms with E-state index in [1.807, 2.05) is 30.3 Å². The number of aromatic nitrogens is 1. The van der Waals surface area contributed by atoms with E-state index >= 15 is 0 Å². The van der Waals surface area contributed by atoms with Crippen LogP contribution >= 0.6 is 0 Å². The number of methoxy groups -OCH3 is 2. The second-order valence-corrected chi connectivity index (χ2v) is 6.56. The van der Waals surface area contributed by atoms with Crippen molar-refractivity contribution in [2.24, 2.45) is 0 Å². The molecule has 0 aliphatic rings. The Bertz CT molecular complexity index is 930. The van der Waals surface area contributed by atoms with E-state index in [1.165, 1.54) is 10.9 Å². The molecule has 3 aromatic rings. The van der Waals surface area contributed by atoms with Crippen LogP contribution in [0.25, 0.3) is 10.9 Å². The third-order valence-corrected chi connectivity index (χ3v) is 4.81. The highest BCUT2D eigenvalue weighted by Crippen LogP contribution is 2.28. The maximum absolute atomic E-state index is 12.2. The van der Waals surface area contributed by atoms with Crippen molar-refractivity contribution in [1.29, 1.82) is 0 Å². The van der Waals surface area contributed by atoms with Gasteiger partial charge in [-0.25, -0.2) is 0 Å². The number of carbonyl (C=O) groups excluding carboxylic acids is 1. The molecule has 142 valence electrons. The molecule has 1 aromatic heterocycles. The second-order valence-electron chi connectivity index (χ2n) is 6.56. The van der Waals surface area contributed by atoms with Crippen LogP contribution in [-0.4, -0.2) is 31.7 Å². The molecule has 0 aliphatic heterocycles. The fourth-order valence-corrected chi connectivity index (χ4v) is 3.37. The molecule has 5 heteroatoms. The van der Waals surface area contributed by atoms with Crippen molar-refractivity contribution in [2.75, 3.05) is 20.8 Å². The van der Waals surface area contributed by atoms with E-state index in [-0.39, 0.29) is 5.91 Å². The summed E-state index contributed by atoms with van der Waals surface area (Å²) in [4.78, 5) is 15.6. The van der Waals surface area contributed by atoms with Crippen molar-refractivity contribution in [3.8, 4) is 11.5 Å². The van der Waals surface area contributed by atoms with Crippen LogP contribution in [0.3, 0.4) is 0 Å². The minimum atomic E-state index is 0.0577. The maximum atomic E-state index is 12.2. The van der Waals surface area contributed by atoms with Crippen LogP contribution in [0.5, 0.6) is 11.5 Å². The van der Waals surface area contributed by atoms with E-state index in [2.05, 4.69) is 29.4 Å². The molecule has 1 heterocycles. The van der Waals surface area contributed by atoms with Crippen LogP contribution in [0.1, 0.15) is 23.2 Å². The standard InChI is InChI=1S/C22H26N2O3/c1-15-17(18-6-4-5-7-19(18)24-15)12-13-23-22(25)11-9-16-8-10-20(26-2)21(14-16)27-3/h4-8,10,14,24H,9,11-13H2,1-3H3,(H,23,25). The number of hydrogen-bond acceptors (Lipinski definition) is 3. The zero-order chi connectivity index (χ0) is 19.2. The monoisotopic (exact) mass is 366 g/mol. The van der Waals surface area contributed by atoms with Gasteiger partial charge in [0.25, 0.3) is 0 Å². The number of amides is 1. The predicted molar refractivity (Wildman–Crippen MR) is 108 cm³/mol. The third kappa shape index (κ3) is 4.42. The summed E-state index contributed by atoms with van der Waals surface area (Å²) < 4.78 is 10.5. The largest absolute Gasteiger partial charge is 0.493 e. The van der Waals surface area contributed by atoms with E-state index in [1.54, 1.807) is 14.2 Å². The van der Waals surface area contributed by atoms with Gasteiger partial charge in [0.2, 0.25) is 5.91 Å². The summed E-state index contributed by atoms with van der Waals surface area (Å²) in [7, 11) is 3.22. The quantitative estimate of drug-likeness (QED) is 0.638. The average molecular weight is 366 g/mol. The number of fused-ring (bicyclic) bond motifs is 1. The van der Waals surface area contributed by atoms with Crippen LogP contribution in [0.4, 0.5) is 0 Å². The molecule has 0 radical (unpaired) electrons. The molecule has 0 saturated carbocycles. The van der Waals surface area contributed by atoms with Gasteiger partial charge in [-0.3, -0.25) is 4.79 Å². The predicted octanol–water partition coefficient (Wildman–Crippen LogP) is 3.79. The summed E-state index contributed by atoms with van der Waals surface area (Å²) in [6, 6.07) is 14.0. The molecule has 2 aromatic carbocycles. The molecule has 0 saturated heterocycles. The van der Waals surface area contributed by atoms with Gasteiger partial charge in [0.15, 0.2) is 11.5 Å². The topological polar surface area (TPSA) is 63.3 Å². The fraction of sp³-hybridized carbons (Fsp3) is 0.318. The first-order chi connectivity index (χ1) is 13.1. The van der Waals surface area contributed by atoms with Crippen LogP contribution in [0.2, 0.25) is 0 Å². The van der Waals surface area contributed by atoms with Gasteiger partial charge in [0, 0.05) is 29.6 Å². The Balaban J connectivity index is 1.51.